The molecule has 2 heterocycles. The fourth-order valence-corrected chi connectivity index (χ4v) is 3.21. The predicted octanol–water partition coefficient (Wildman–Crippen LogP) is 4.02. The minimum Gasteiger partial charge on any atom is -0.331 e. The number of carbonyl (C=O) groups is 2. The van der Waals surface area contributed by atoms with E-state index in [-0.39, 0.29) is 24.4 Å². The molecular formula is C23H22N6O2. The van der Waals surface area contributed by atoms with Gasteiger partial charge in [-0.25, -0.2) is 9.78 Å². The minimum absolute atomic E-state index is 0.150. The van der Waals surface area contributed by atoms with Crippen LogP contribution in [0.15, 0.2) is 72.9 Å². The number of carbonyl (C=O) groups excluding carboxylic acids is 2. The first-order valence-corrected chi connectivity index (χ1v) is 9.89. The van der Waals surface area contributed by atoms with Crippen molar-refractivity contribution in [2.45, 2.75) is 19.4 Å². The summed E-state index contributed by atoms with van der Waals surface area (Å²) in [6.45, 7) is 1.91. The van der Waals surface area contributed by atoms with Gasteiger partial charge in [-0.3, -0.25) is 15.2 Å². The van der Waals surface area contributed by atoms with Crippen LogP contribution in [0.5, 0.6) is 0 Å². The molecule has 0 aliphatic carbocycles. The molecule has 31 heavy (non-hydrogen) atoms. The molecule has 4 rings (SSSR count). The fourth-order valence-electron chi connectivity index (χ4n) is 3.21. The van der Waals surface area contributed by atoms with Crippen LogP contribution >= 0.6 is 0 Å². The van der Waals surface area contributed by atoms with Gasteiger partial charge in [-0.15, -0.1) is 0 Å². The molecule has 0 bridgehead atoms. The average Bonchev–Trinajstić information content (AvgIpc) is 3.16. The van der Waals surface area contributed by atoms with Crippen LogP contribution in [0.3, 0.4) is 0 Å². The molecule has 0 aliphatic heterocycles. The number of aromatic amines is 1. The van der Waals surface area contributed by atoms with Crippen LogP contribution in [-0.2, 0) is 11.2 Å². The first kappa shape index (κ1) is 20.1. The monoisotopic (exact) mass is 414 g/mol. The van der Waals surface area contributed by atoms with Crippen LogP contribution in [0, 0.1) is 0 Å². The van der Waals surface area contributed by atoms with Gasteiger partial charge in [-0.2, -0.15) is 5.10 Å². The van der Waals surface area contributed by atoms with Gasteiger partial charge in [0.05, 0.1) is 23.4 Å². The summed E-state index contributed by atoms with van der Waals surface area (Å²) in [5.74, 6) is 0.601. The SMILES string of the molecule is C[C@@H](NC(=O)Nc1cc2[nH]nc(NC(=O)Cc3ccccc3)c2cn1)c1ccccc1. The molecule has 1 atom stereocenters. The highest BCUT2D eigenvalue weighted by Crippen LogP contribution is 2.22. The van der Waals surface area contributed by atoms with Crippen LogP contribution in [-0.4, -0.2) is 27.1 Å². The number of aromatic nitrogens is 3. The van der Waals surface area contributed by atoms with Crippen molar-refractivity contribution in [1.29, 1.82) is 0 Å². The molecule has 0 saturated heterocycles. The topological polar surface area (TPSA) is 112 Å². The first-order chi connectivity index (χ1) is 15.1. The van der Waals surface area contributed by atoms with E-state index in [1.807, 2.05) is 67.6 Å². The molecule has 0 unspecified atom stereocenters. The molecule has 0 spiro atoms. The Morgan fingerprint density at radius 2 is 1.71 bits per heavy atom. The molecule has 4 aromatic rings. The number of rotatable bonds is 6. The van der Waals surface area contributed by atoms with Gasteiger partial charge in [0.1, 0.15) is 5.82 Å². The molecule has 2 aromatic heterocycles. The van der Waals surface area contributed by atoms with Crippen LogP contribution in [0.25, 0.3) is 10.9 Å². The Balaban J connectivity index is 1.39. The Morgan fingerprint density at radius 3 is 2.45 bits per heavy atom. The number of hydrogen-bond donors (Lipinski definition) is 4. The summed E-state index contributed by atoms with van der Waals surface area (Å²) >= 11 is 0. The van der Waals surface area contributed by atoms with E-state index in [0.717, 1.165) is 11.1 Å². The van der Waals surface area contributed by atoms with Gasteiger partial charge in [0.2, 0.25) is 5.91 Å². The molecule has 0 radical (unpaired) electrons. The highest BCUT2D eigenvalue weighted by atomic mass is 16.2. The lowest BCUT2D eigenvalue weighted by atomic mass is 10.1. The number of H-pyrrole nitrogens is 1. The zero-order valence-electron chi connectivity index (χ0n) is 16.9. The van der Waals surface area contributed by atoms with Crippen molar-refractivity contribution in [2.75, 3.05) is 10.6 Å². The molecule has 156 valence electrons. The molecule has 2 aromatic carbocycles. The van der Waals surface area contributed by atoms with E-state index >= 15 is 0 Å². The lowest BCUT2D eigenvalue weighted by molar-refractivity contribution is -0.115. The zero-order valence-corrected chi connectivity index (χ0v) is 16.9. The molecule has 0 aliphatic rings. The Labute approximate surface area is 179 Å². The second-order valence-electron chi connectivity index (χ2n) is 7.13. The summed E-state index contributed by atoms with van der Waals surface area (Å²) in [5.41, 5.74) is 2.57. The van der Waals surface area contributed by atoms with Crippen LogP contribution < -0.4 is 16.0 Å². The number of nitrogens with one attached hydrogen (secondary N) is 4. The maximum Gasteiger partial charge on any atom is 0.320 e. The largest absolute Gasteiger partial charge is 0.331 e. The van der Waals surface area contributed by atoms with Gasteiger partial charge in [0.15, 0.2) is 5.82 Å². The summed E-state index contributed by atoms with van der Waals surface area (Å²) in [6.07, 6.45) is 1.81. The van der Waals surface area contributed by atoms with E-state index < -0.39 is 0 Å². The summed E-state index contributed by atoms with van der Waals surface area (Å²) < 4.78 is 0. The number of benzene rings is 2. The zero-order chi connectivity index (χ0) is 21.6. The van der Waals surface area contributed by atoms with Gasteiger partial charge in [0.25, 0.3) is 0 Å². The summed E-state index contributed by atoms with van der Waals surface area (Å²) in [4.78, 5) is 28.9. The average molecular weight is 414 g/mol. The molecular weight excluding hydrogens is 392 g/mol. The van der Waals surface area contributed by atoms with Gasteiger partial charge in [-0.1, -0.05) is 60.7 Å². The van der Waals surface area contributed by atoms with E-state index in [1.165, 1.54) is 0 Å². The van der Waals surface area contributed by atoms with Crippen molar-refractivity contribution in [3.8, 4) is 0 Å². The number of fused-ring (bicyclic) bond motifs is 1. The number of amides is 3. The smallest absolute Gasteiger partial charge is 0.320 e. The van der Waals surface area contributed by atoms with E-state index in [9.17, 15) is 9.59 Å². The van der Waals surface area contributed by atoms with Crippen LogP contribution in [0.1, 0.15) is 24.1 Å². The standard InChI is InChI=1S/C23H22N6O2/c1-15(17-10-6-3-7-11-17)25-23(31)26-20-13-19-18(14-24-20)22(29-28-19)27-21(30)12-16-8-4-2-5-9-16/h2-11,13-15H,12H2,1H3,(H2,24,25,26,31)(H2,27,28,29,30)/t15-/m1/s1. The van der Waals surface area contributed by atoms with Gasteiger partial charge in [-0.05, 0) is 18.1 Å². The highest BCUT2D eigenvalue weighted by molar-refractivity contribution is 6.01. The Kier molecular flexibility index (Phi) is 5.89. The molecule has 3 amide bonds. The maximum absolute atomic E-state index is 12.3. The van der Waals surface area contributed by atoms with Crippen molar-refractivity contribution in [3.05, 3.63) is 84.1 Å². The predicted molar refractivity (Wildman–Crippen MR) is 120 cm³/mol. The quantitative estimate of drug-likeness (QED) is 0.382. The van der Waals surface area contributed by atoms with E-state index in [2.05, 4.69) is 31.1 Å². The van der Waals surface area contributed by atoms with Gasteiger partial charge < -0.3 is 10.6 Å². The number of urea groups is 1. The third-order valence-corrected chi connectivity index (χ3v) is 4.80. The van der Waals surface area contributed by atoms with E-state index in [0.29, 0.717) is 22.5 Å². The van der Waals surface area contributed by atoms with Crippen molar-refractivity contribution in [1.82, 2.24) is 20.5 Å². The van der Waals surface area contributed by atoms with E-state index in [1.54, 1.807) is 12.3 Å². The van der Waals surface area contributed by atoms with Crippen LogP contribution in [0.4, 0.5) is 16.4 Å². The molecule has 0 saturated carbocycles. The summed E-state index contributed by atoms with van der Waals surface area (Å²) in [6, 6.07) is 20.3. The number of nitrogens with zero attached hydrogens (tertiary/aromatic N) is 2. The normalized spacial score (nSPS) is 11.6. The van der Waals surface area contributed by atoms with Crippen molar-refractivity contribution in [3.63, 3.8) is 0 Å². The van der Waals surface area contributed by atoms with Crippen molar-refractivity contribution in [2.24, 2.45) is 0 Å². The third kappa shape index (κ3) is 5.05. The maximum atomic E-state index is 12.3. The minimum atomic E-state index is -0.362. The van der Waals surface area contributed by atoms with E-state index in [4.69, 9.17) is 0 Å². The summed E-state index contributed by atoms with van der Waals surface area (Å²) in [5, 5.41) is 16.1. The molecule has 8 nitrogen and oxygen atoms in total. The fraction of sp³-hybridized carbons (Fsp3) is 0.130. The summed E-state index contributed by atoms with van der Waals surface area (Å²) in [7, 11) is 0. The number of hydrogen-bond acceptors (Lipinski definition) is 4. The molecule has 4 N–H and O–H groups in total. The number of pyridine rings is 1. The molecule has 0 fully saturated rings. The molecule has 8 heteroatoms. The lowest BCUT2D eigenvalue weighted by Crippen LogP contribution is -2.31. The Bertz CT molecular complexity index is 1190. The van der Waals surface area contributed by atoms with Gasteiger partial charge >= 0.3 is 6.03 Å². The van der Waals surface area contributed by atoms with Crippen LogP contribution in [0.2, 0.25) is 0 Å². The lowest BCUT2D eigenvalue weighted by Gasteiger charge is -2.14. The Hall–Kier alpha value is -4.20. The second kappa shape index (κ2) is 9.08. The number of anilines is 2. The van der Waals surface area contributed by atoms with Crippen molar-refractivity contribution >= 4 is 34.5 Å². The Morgan fingerprint density at radius 1 is 1.00 bits per heavy atom. The first-order valence-electron chi connectivity index (χ1n) is 9.89. The highest BCUT2D eigenvalue weighted by Gasteiger charge is 2.13. The van der Waals surface area contributed by atoms with Crippen molar-refractivity contribution < 1.29 is 9.59 Å². The van der Waals surface area contributed by atoms with Gasteiger partial charge in [0, 0.05) is 12.3 Å². The third-order valence-electron chi connectivity index (χ3n) is 4.80. The second-order valence-corrected chi connectivity index (χ2v) is 7.13.